The molecule has 0 aliphatic heterocycles. The Hall–Kier alpha value is -1.04. The molecule has 0 aliphatic carbocycles. The van der Waals surface area contributed by atoms with Crippen LogP contribution < -0.4 is 14.8 Å². The molecule has 1 N–H and O–H groups in total. The maximum atomic E-state index is 5.54. The van der Waals surface area contributed by atoms with Gasteiger partial charge in [-0.05, 0) is 46.1 Å². The van der Waals surface area contributed by atoms with Gasteiger partial charge in [0.25, 0.3) is 0 Å². The lowest BCUT2D eigenvalue weighted by Crippen LogP contribution is -2.24. The average molecular weight is 370 g/mol. The Labute approximate surface area is 138 Å². The highest BCUT2D eigenvalue weighted by Crippen LogP contribution is 2.37. The van der Waals surface area contributed by atoms with Crippen molar-refractivity contribution in [3.63, 3.8) is 0 Å². The summed E-state index contributed by atoms with van der Waals surface area (Å²) in [6, 6.07) is 8.14. The molecule has 1 aromatic carbocycles. The van der Waals surface area contributed by atoms with Crippen molar-refractivity contribution in [2.75, 3.05) is 20.8 Å². The quantitative estimate of drug-likeness (QED) is 0.783. The van der Waals surface area contributed by atoms with E-state index in [2.05, 4.69) is 39.6 Å². The van der Waals surface area contributed by atoms with Gasteiger partial charge in [-0.15, -0.1) is 11.3 Å². The maximum Gasteiger partial charge on any atom is 0.127 e. The monoisotopic (exact) mass is 369 g/mol. The first-order valence-corrected chi connectivity index (χ1v) is 8.54. The number of benzene rings is 1. The van der Waals surface area contributed by atoms with Crippen molar-refractivity contribution in [1.29, 1.82) is 0 Å². The lowest BCUT2D eigenvalue weighted by molar-refractivity contribution is 0.370. The largest absolute Gasteiger partial charge is 0.496 e. The molecule has 3 nitrogen and oxygen atoms in total. The van der Waals surface area contributed by atoms with E-state index in [0.29, 0.717) is 0 Å². The van der Waals surface area contributed by atoms with Crippen LogP contribution in [0.2, 0.25) is 0 Å². The van der Waals surface area contributed by atoms with Gasteiger partial charge in [0, 0.05) is 21.8 Å². The molecule has 2 aromatic rings. The highest BCUT2D eigenvalue weighted by Gasteiger charge is 2.21. The number of rotatable bonds is 7. The van der Waals surface area contributed by atoms with Gasteiger partial charge in [0.2, 0.25) is 0 Å². The summed E-state index contributed by atoms with van der Waals surface area (Å²) in [7, 11) is 3.39. The normalized spacial score (nSPS) is 12.2. The van der Waals surface area contributed by atoms with E-state index >= 15 is 0 Å². The summed E-state index contributed by atoms with van der Waals surface area (Å²) < 4.78 is 12.2. The molecular weight excluding hydrogens is 350 g/mol. The summed E-state index contributed by atoms with van der Waals surface area (Å²) in [5.41, 5.74) is 1.07. The number of methoxy groups -OCH3 is 2. The second-order valence-electron chi connectivity index (χ2n) is 4.58. The fourth-order valence-electron chi connectivity index (χ4n) is 2.40. The fourth-order valence-corrected chi connectivity index (χ4v) is 3.96. The Morgan fingerprint density at radius 3 is 2.33 bits per heavy atom. The average Bonchev–Trinajstić information content (AvgIpc) is 2.91. The minimum atomic E-state index is 0.149. The summed E-state index contributed by atoms with van der Waals surface area (Å²) in [5, 5.41) is 5.64. The van der Waals surface area contributed by atoms with E-state index in [1.54, 1.807) is 25.6 Å². The Morgan fingerprint density at radius 1 is 1.19 bits per heavy atom. The van der Waals surface area contributed by atoms with Crippen LogP contribution in [0, 0.1) is 0 Å². The zero-order valence-corrected chi connectivity index (χ0v) is 14.9. The number of nitrogens with one attached hydrogen (secondary N) is 1. The second-order valence-corrected chi connectivity index (χ2v) is 6.44. The molecule has 0 radical (unpaired) electrons. The number of ether oxygens (including phenoxy) is 2. The van der Waals surface area contributed by atoms with Crippen molar-refractivity contribution in [3.05, 3.63) is 44.6 Å². The molecule has 5 heteroatoms. The van der Waals surface area contributed by atoms with Gasteiger partial charge < -0.3 is 14.8 Å². The zero-order valence-electron chi connectivity index (χ0n) is 12.5. The standard InChI is InChI=1S/C16H20BrNO2S/c1-4-18-12(10-15-11(17)8-9-21-15)16-13(19-2)6-5-7-14(16)20-3/h5-9,12,18H,4,10H2,1-3H3. The fraction of sp³-hybridized carbons (Fsp3) is 0.375. The van der Waals surface area contributed by atoms with Crippen molar-refractivity contribution in [1.82, 2.24) is 5.32 Å². The van der Waals surface area contributed by atoms with Crippen LogP contribution in [-0.2, 0) is 6.42 Å². The third-order valence-electron chi connectivity index (χ3n) is 3.35. The lowest BCUT2D eigenvalue weighted by atomic mass is 10.0. The highest BCUT2D eigenvalue weighted by molar-refractivity contribution is 9.10. The number of thiophene rings is 1. The van der Waals surface area contributed by atoms with Crippen molar-refractivity contribution < 1.29 is 9.47 Å². The smallest absolute Gasteiger partial charge is 0.127 e. The number of likely N-dealkylation sites (N-methyl/N-ethyl adjacent to an activating group) is 1. The predicted octanol–water partition coefficient (Wildman–Crippen LogP) is 4.42. The third-order valence-corrected chi connectivity index (χ3v) is 5.29. The molecule has 0 saturated carbocycles. The highest BCUT2D eigenvalue weighted by atomic mass is 79.9. The number of hydrogen-bond donors (Lipinski definition) is 1. The number of halogens is 1. The van der Waals surface area contributed by atoms with Gasteiger partial charge >= 0.3 is 0 Å². The first-order chi connectivity index (χ1) is 10.2. The molecule has 1 unspecified atom stereocenters. The summed E-state index contributed by atoms with van der Waals surface area (Å²) in [6.45, 7) is 2.99. The van der Waals surface area contributed by atoms with Crippen LogP contribution in [0.15, 0.2) is 34.1 Å². The molecular formula is C16H20BrNO2S. The summed E-state index contributed by atoms with van der Waals surface area (Å²) in [5.74, 6) is 1.71. The molecule has 1 aromatic heterocycles. The molecule has 1 heterocycles. The van der Waals surface area contributed by atoms with E-state index in [-0.39, 0.29) is 6.04 Å². The predicted molar refractivity (Wildman–Crippen MR) is 91.7 cm³/mol. The topological polar surface area (TPSA) is 30.5 Å². The summed E-state index contributed by atoms with van der Waals surface area (Å²) >= 11 is 5.37. The lowest BCUT2D eigenvalue weighted by Gasteiger charge is -2.23. The molecule has 114 valence electrons. The van der Waals surface area contributed by atoms with E-state index in [9.17, 15) is 0 Å². The van der Waals surface area contributed by atoms with Crippen molar-refractivity contribution >= 4 is 27.3 Å². The first-order valence-electron chi connectivity index (χ1n) is 6.87. The van der Waals surface area contributed by atoms with E-state index in [1.165, 1.54) is 4.88 Å². The van der Waals surface area contributed by atoms with Crippen LogP contribution in [0.5, 0.6) is 11.5 Å². The van der Waals surface area contributed by atoms with E-state index < -0.39 is 0 Å². The molecule has 0 spiro atoms. The van der Waals surface area contributed by atoms with Gasteiger partial charge in [-0.25, -0.2) is 0 Å². The van der Waals surface area contributed by atoms with Crippen LogP contribution in [0.4, 0.5) is 0 Å². The first kappa shape index (κ1) is 16.3. The molecule has 0 fully saturated rings. The van der Waals surface area contributed by atoms with Gasteiger partial charge in [-0.2, -0.15) is 0 Å². The molecule has 2 rings (SSSR count). The van der Waals surface area contributed by atoms with Crippen LogP contribution in [-0.4, -0.2) is 20.8 Å². The number of hydrogen-bond acceptors (Lipinski definition) is 4. The van der Waals surface area contributed by atoms with E-state index in [1.807, 2.05) is 18.2 Å². The van der Waals surface area contributed by atoms with Gasteiger partial charge in [0.15, 0.2) is 0 Å². The second kappa shape index (κ2) is 7.82. The molecule has 0 aliphatic rings. The Bertz CT molecular complexity index is 563. The van der Waals surface area contributed by atoms with Crippen molar-refractivity contribution in [2.45, 2.75) is 19.4 Å². The van der Waals surface area contributed by atoms with Gasteiger partial charge in [-0.1, -0.05) is 13.0 Å². The SMILES string of the molecule is CCNC(Cc1sccc1Br)c1c(OC)cccc1OC. The van der Waals surface area contributed by atoms with Gasteiger partial charge in [-0.3, -0.25) is 0 Å². The van der Waals surface area contributed by atoms with Crippen LogP contribution >= 0.6 is 27.3 Å². The zero-order chi connectivity index (χ0) is 15.2. The van der Waals surface area contributed by atoms with Crippen LogP contribution in [0.3, 0.4) is 0 Å². The third kappa shape index (κ3) is 3.78. The van der Waals surface area contributed by atoms with Crippen LogP contribution in [0.1, 0.15) is 23.4 Å². The minimum Gasteiger partial charge on any atom is -0.496 e. The minimum absolute atomic E-state index is 0.149. The molecule has 21 heavy (non-hydrogen) atoms. The Balaban J connectivity index is 2.40. The maximum absolute atomic E-state index is 5.54. The van der Waals surface area contributed by atoms with Crippen molar-refractivity contribution in [3.8, 4) is 11.5 Å². The Morgan fingerprint density at radius 2 is 1.86 bits per heavy atom. The summed E-state index contributed by atoms with van der Waals surface area (Å²) in [6.07, 6.45) is 0.892. The molecule has 1 atom stereocenters. The molecule has 0 amide bonds. The summed E-state index contributed by atoms with van der Waals surface area (Å²) in [4.78, 5) is 1.31. The van der Waals surface area contributed by atoms with E-state index in [0.717, 1.165) is 34.5 Å². The van der Waals surface area contributed by atoms with E-state index in [4.69, 9.17) is 9.47 Å². The van der Waals surface area contributed by atoms with Gasteiger partial charge in [0.1, 0.15) is 11.5 Å². The Kier molecular flexibility index (Phi) is 6.08. The molecule has 0 bridgehead atoms. The van der Waals surface area contributed by atoms with Crippen LogP contribution in [0.25, 0.3) is 0 Å². The molecule has 0 saturated heterocycles. The van der Waals surface area contributed by atoms with Crippen molar-refractivity contribution in [2.24, 2.45) is 0 Å². The van der Waals surface area contributed by atoms with Gasteiger partial charge in [0.05, 0.1) is 19.8 Å².